The zero-order valence-corrected chi connectivity index (χ0v) is 9.80. The number of H-pyrrole nitrogens is 1. The van der Waals surface area contributed by atoms with Crippen molar-refractivity contribution in [3.63, 3.8) is 0 Å². The number of aryl methyl sites for hydroxylation is 1. The lowest BCUT2D eigenvalue weighted by Crippen LogP contribution is -1.99. The number of benzene rings is 1. The van der Waals surface area contributed by atoms with Crippen LogP contribution in [0.4, 0.5) is 0 Å². The molecule has 0 unspecified atom stereocenters. The summed E-state index contributed by atoms with van der Waals surface area (Å²) >= 11 is 0. The Hall–Kier alpha value is -2.34. The Morgan fingerprint density at radius 2 is 2.33 bits per heavy atom. The number of aromatic nitrogens is 3. The van der Waals surface area contributed by atoms with Gasteiger partial charge in [0.05, 0.1) is 11.2 Å². The number of rotatable bonds is 2. The van der Waals surface area contributed by atoms with Crippen LogP contribution in [-0.4, -0.2) is 14.8 Å². The molecular formula is C12H12N4O2. The molecule has 0 bridgehead atoms. The fourth-order valence-corrected chi connectivity index (χ4v) is 2.04. The predicted octanol–water partition coefficient (Wildman–Crippen LogP) is 0.980. The van der Waals surface area contributed by atoms with Gasteiger partial charge in [-0.3, -0.25) is 9.67 Å². The fraction of sp³-hybridized carbons (Fsp3) is 0.167. The molecule has 3 aromatic rings. The molecule has 0 aliphatic rings. The number of hydrogen-bond donors (Lipinski definition) is 2. The summed E-state index contributed by atoms with van der Waals surface area (Å²) < 4.78 is 6.76. The van der Waals surface area contributed by atoms with Crippen molar-refractivity contribution in [1.29, 1.82) is 0 Å². The first-order chi connectivity index (χ1) is 8.67. The Kier molecular flexibility index (Phi) is 2.31. The monoisotopic (exact) mass is 244 g/mol. The third-order valence-corrected chi connectivity index (χ3v) is 2.83. The van der Waals surface area contributed by atoms with Crippen LogP contribution in [0.25, 0.3) is 22.2 Å². The highest BCUT2D eigenvalue weighted by Gasteiger charge is 2.10. The minimum atomic E-state index is -0.451. The highest BCUT2D eigenvalue weighted by atomic mass is 16.4. The van der Waals surface area contributed by atoms with Crippen LogP contribution >= 0.6 is 0 Å². The molecular weight excluding hydrogens is 232 g/mol. The number of nitrogens with two attached hydrogens (primary N) is 1. The van der Waals surface area contributed by atoms with Gasteiger partial charge in [0, 0.05) is 25.4 Å². The van der Waals surface area contributed by atoms with Gasteiger partial charge in [-0.05, 0) is 17.7 Å². The quantitative estimate of drug-likeness (QED) is 0.703. The maximum absolute atomic E-state index is 11.1. The second-order valence-corrected chi connectivity index (χ2v) is 4.09. The molecule has 2 heterocycles. The average molecular weight is 244 g/mol. The lowest BCUT2D eigenvalue weighted by molar-refractivity contribution is 0.555. The van der Waals surface area contributed by atoms with Gasteiger partial charge in [-0.1, -0.05) is 6.07 Å². The van der Waals surface area contributed by atoms with Crippen LogP contribution in [-0.2, 0) is 13.6 Å². The number of fused-ring (bicyclic) bond motifs is 1. The van der Waals surface area contributed by atoms with Crippen LogP contribution in [0.1, 0.15) is 5.69 Å². The fourth-order valence-electron chi connectivity index (χ4n) is 2.04. The van der Waals surface area contributed by atoms with Gasteiger partial charge in [-0.15, -0.1) is 0 Å². The van der Waals surface area contributed by atoms with Crippen molar-refractivity contribution in [1.82, 2.24) is 14.8 Å². The van der Waals surface area contributed by atoms with E-state index in [1.54, 1.807) is 4.68 Å². The second-order valence-electron chi connectivity index (χ2n) is 4.09. The largest absolute Gasteiger partial charge is 0.417 e. The van der Waals surface area contributed by atoms with E-state index >= 15 is 0 Å². The normalized spacial score (nSPS) is 11.2. The molecule has 6 nitrogen and oxygen atoms in total. The molecule has 0 saturated carbocycles. The Morgan fingerprint density at radius 3 is 3.11 bits per heavy atom. The Labute approximate surface area is 102 Å². The molecule has 3 N–H and O–H groups in total. The SMILES string of the molecule is Cn1cc(-c2ccc3[nH]c(=O)oc3c2)c(CN)n1. The van der Waals surface area contributed by atoms with Crippen LogP contribution in [0.5, 0.6) is 0 Å². The molecule has 18 heavy (non-hydrogen) atoms. The van der Waals surface area contributed by atoms with E-state index in [-0.39, 0.29) is 0 Å². The zero-order chi connectivity index (χ0) is 12.7. The summed E-state index contributed by atoms with van der Waals surface area (Å²) in [6, 6.07) is 5.52. The molecule has 0 saturated heterocycles. The molecule has 0 amide bonds. The minimum Gasteiger partial charge on any atom is -0.408 e. The van der Waals surface area contributed by atoms with Crippen molar-refractivity contribution in [2.45, 2.75) is 6.54 Å². The van der Waals surface area contributed by atoms with Crippen molar-refractivity contribution in [2.75, 3.05) is 0 Å². The van der Waals surface area contributed by atoms with E-state index in [9.17, 15) is 4.79 Å². The van der Waals surface area contributed by atoms with Crippen LogP contribution in [0, 0.1) is 0 Å². The maximum Gasteiger partial charge on any atom is 0.417 e. The summed E-state index contributed by atoms with van der Waals surface area (Å²) in [5.74, 6) is -0.451. The first-order valence-corrected chi connectivity index (χ1v) is 5.53. The van der Waals surface area contributed by atoms with Gasteiger partial charge < -0.3 is 10.2 Å². The molecule has 92 valence electrons. The number of oxazole rings is 1. The summed E-state index contributed by atoms with van der Waals surface area (Å²) in [6.45, 7) is 0.366. The Morgan fingerprint density at radius 1 is 1.50 bits per heavy atom. The average Bonchev–Trinajstić information content (AvgIpc) is 2.89. The molecule has 2 aromatic heterocycles. The molecule has 0 aliphatic carbocycles. The van der Waals surface area contributed by atoms with Gasteiger partial charge in [0.15, 0.2) is 5.58 Å². The molecule has 0 radical (unpaired) electrons. The summed E-state index contributed by atoms with van der Waals surface area (Å²) in [5.41, 5.74) is 9.57. The first kappa shape index (κ1) is 10.8. The van der Waals surface area contributed by atoms with Crippen molar-refractivity contribution in [2.24, 2.45) is 12.8 Å². The molecule has 0 spiro atoms. The number of nitrogens with zero attached hydrogens (tertiary/aromatic N) is 2. The summed E-state index contributed by atoms with van der Waals surface area (Å²) in [5, 5.41) is 4.28. The summed E-state index contributed by atoms with van der Waals surface area (Å²) in [6.07, 6.45) is 1.90. The van der Waals surface area contributed by atoms with E-state index in [2.05, 4.69) is 10.1 Å². The van der Waals surface area contributed by atoms with Gasteiger partial charge in [0.25, 0.3) is 0 Å². The Balaban J connectivity index is 2.21. The number of nitrogens with one attached hydrogen (secondary N) is 1. The third kappa shape index (κ3) is 1.63. The van der Waals surface area contributed by atoms with Crippen molar-refractivity contribution >= 4 is 11.1 Å². The van der Waals surface area contributed by atoms with Gasteiger partial charge in [0.1, 0.15) is 0 Å². The molecule has 0 fully saturated rings. The van der Waals surface area contributed by atoms with E-state index in [1.807, 2.05) is 31.4 Å². The van der Waals surface area contributed by atoms with E-state index in [1.165, 1.54) is 0 Å². The minimum absolute atomic E-state index is 0.366. The van der Waals surface area contributed by atoms with Crippen LogP contribution in [0.15, 0.2) is 33.6 Å². The van der Waals surface area contributed by atoms with Crippen LogP contribution < -0.4 is 11.5 Å². The van der Waals surface area contributed by atoms with Crippen molar-refractivity contribution < 1.29 is 4.42 Å². The predicted molar refractivity (Wildman–Crippen MR) is 66.9 cm³/mol. The smallest absolute Gasteiger partial charge is 0.408 e. The van der Waals surface area contributed by atoms with E-state index in [0.717, 1.165) is 16.8 Å². The van der Waals surface area contributed by atoms with Crippen molar-refractivity contribution in [3.05, 3.63) is 40.6 Å². The Bertz CT molecular complexity index is 766. The maximum atomic E-state index is 11.1. The second kappa shape index (κ2) is 3.85. The highest BCUT2D eigenvalue weighted by molar-refractivity contribution is 5.80. The lowest BCUT2D eigenvalue weighted by Gasteiger charge is -1.99. The summed E-state index contributed by atoms with van der Waals surface area (Å²) in [7, 11) is 1.84. The molecule has 1 aromatic carbocycles. The highest BCUT2D eigenvalue weighted by Crippen LogP contribution is 2.25. The number of aromatic amines is 1. The van der Waals surface area contributed by atoms with Gasteiger partial charge in [-0.25, -0.2) is 4.79 Å². The summed E-state index contributed by atoms with van der Waals surface area (Å²) in [4.78, 5) is 13.7. The van der Waals surface area contributed by atoms with Crippen LogP contribution in [0.2, 0.25) is 0 Å². The zero-order valence-electron chi connectivity index (χ0n) is 9.80. The van der Waals surface area contributed by atoms with Gasteiger partial charge in [-0.2, -0.15) is 5.10 Å². The van der Waals surface area contributed by atoms with E-state index < -0.39 is 5.76 Å². The van der Waals surface area contributed by atoms with Gasteiger partial charge in [0.2, 0.25) is 0 Å². The van der Waals surface area contributed by atoms with E-state index in [4.69, 9.17) is 10.2 Å². The molecule has 0 aliphatic heterocycles. The molecule has 6 heteroatoms. The standard InChI is InChI=1S/C12H12N4O2/c1-16-6-8(10(5-13)15-16)7-2-3-9-11(4-7)18-12(17)14-9/h2-4,6H,5,13H2,1H3,(H,14,17). The molecule has 3 rings (SSSR count). The third-order valence-electron chi connectivity index (χ3n) is 2.83. The van der Waals surface area contributed by atoms with Gasteiger partial charge >= 0.3 is 5.76 Å². The lowest BCUT2D eigenvalue weighted by atomic mass is 10.1. The topological polar surface area (TPSA) is 89.8 Å². The number of hydrogen-bond acceptors (Lipinski definition) is 4. The van der Waals surface area contributed by atoms with E-state index in [0.29, 0.717) is 17.6 Å². The molecule has 0 atom stereocenters. The first-order valence-electron chi connectivity index (χ1n) is 5.53. The van der Waals surface area contributed by atoms with Crippen LogP contribution in [0.3, 0.4) is 0 Å². The van der Waals surface area contributed by atoms with Crippen molar-refractivity contribution in [3.8, 4) is 11.1 Å².